The first-order chi connectivity index (χ1) is 16.6. The van der Waals surface area contributed by atoms with Gasteiger partial charge in [-0.2, -0.15) is 0 Å². The highest BCUT2D eigenvalue weighted by Crippen LogP contribution is 2.13. The second-order valence-corrected chi connectivity index (χ2v) is 9.13. The van der Waals surface area contributed by atoms with E-state index in [1.165, 1.54) is 7.11 Å². The number of alkyl carbamates (subject to hydrolysis) is 1. The molecular formula is C24H32N6O5. The number of benzene rings is 1. The Hall–Kier alpha value is -3.89. The Morgan fingerprint density at radius 3 is 2.74 bits per heavy atom. The van der Waals surface area contributed by atoms with Gasteiger partial charge in [-0.1, -0.05) is 18.2 Å². The van der Waals surface area contributed by atoms with Crippen LogP contribution in [0.4, 0.5) is 4.79 Å². The monoisotopic (exact) mass is 484 g/mol. The Morgan fingerprint density at radius 2 is 2.09 bits per heavy atom. The predicted molar refractivity (Wildman–Crippen MR) is 133 cm³/mol. The number of guanidine groups is 1. The number of ether oxygens (including phenoxy) is 2. The normalized spacial score (nSPS) is 14.7. The van der Waals surface area contributed by atoms with Crippen molar-refractivity contribution in [3.8, 4) is 0 Å². The van der Waals surface area contributed by atoms with Crippen molar-refractivity contribution in [1.29, 1.82) is 0 Å². The summed E-state index contributed by atoms with van der Waals surface area (Å²) < 4.78 is 9.99. The number of rotatable bonds is 7. The van der Waals surface area contributed by atoms with Crippen molar-refractivity contribution in [3.05, 3.63) is 46.0 Å². The molecule has 0 saturated carbocycles. The van der Waals surface area contributed by atoms with E-state index in [0.717, 1.165) is 24.6 Å². The lowest BCUT2D eigenvalue weighted by Crippen LogP contribution is -2.45. The van der Waals surface area contributed by atoms with E-state index in [-0.39, 0.29) is 17.8 Å². The second-order valence-electron chi connectivity index (χ2n) is 9.13. The van der Waals surface area contributed by atoms with E-state index in [9.17, 15) is 14.4 Å². The average molecular weight is 485 g/mol. The summed E-state index contributed by atoms with van der Waals surface area (Å²) in [5, 5.41) is 6.14. The minimum absolute atomic E-state index is 0.0667. The molecule has 0 fully saturated rings. The molecule has 0 spiro atoms. The molecule has 1 amide bonds. The highest BCUT2D eigenvalue weighted by Gasteiger charge is 2.26. The molecule has 1 aromatic carbocycles. The number of nitrogens with one attached hydrogen (secondary N) is 3. The predicted octanol–water partition coefficient (Wildman–Crippen LogP) is 1.44. The third-order valence-electron chi connectivity index (χ3n) is 5.10. The van der Waals surface area contributed by atoms with E-state index >= 15 is 0 Å². The fourth-order valence-electron chi connectivity index (χ4n) is 3.45. The maximum atomic E-state index is 12.7. The number of aromatic amines is 1. The Balaban J connectivity index is 1.71. The highest BCUT2D eigenvalue weighted by atomic mass is 16.6. The summed E-state index contributed by atoms with van der Waals surface area (Å²) >= 11 is 0. The van der Waals surface area contributed by atoms with Gasteiger partial charge in [-0.3, -0.25) is 9.79 Å². The molecule has 0 radical (unpaired) electrons. The van der Waals surface area contributed by atoms with Crippen LogP contribution in [0.15, 0.2) is 34.1 Å². The molecule has 11 heteroatoms. The van der Waals surface area contributed by atoms with Crippen LogP contribution < -0.4 is 16.2 Å². The molecule has 3 rings (SSSR count). The lowest BCUT2D eigenvalue weighted by molar-refractivity contribution is -0.143. The third-order valence-corrected chi connectivity index (χ3v) is 5.10. The van der Waals surface area contributed by atoms with Crippen molar-refractivity contribution in [2.24, 2.45) is 4.99 Å². The van der Waals surface area contributed by atoms with Gasteiger partial charge in [-0.25, -0.2) is 14.6 Å². The van der Waals surface area contributed by atoms with E-state index in [1.54, 1.807) is 32.9 Å². The zero-order valence-electron chi connectivity index (χ0n) is 20.7. The van der Waals surface area contributed by atoms with Gasteiger partial charge in [0, 0.05) is 26.6 Å². The minimum atomic E-state index is -1.08. The van der Waals surface area contributed by atoms with Crippen molar-refractivity contribution in [3.63, 3.8) is 0 Å². The zero-order valence-corrected chi connectivity index (χ0v) is 20.7. The van der Waals surface area contributed by atoms with Crippen LogP contribution in [-0.4, -0.2) is 78.3 Å². The number of hydrogen-bond donors (Lipinski definition) is 3. The summed E-state index contributed by atoms with van der Waals surface area (Å²) in [6.07, 6.45) is 3.03. The van der Waals surface area contributed by atoms with Gasteiger partial charge in [-0.15, -0.1) is 0 Å². The first-order valence-corrected chi connectivity index (χ1v) is 11.3. The molecule has 1 aliphatic rings. The number of nitrogens with zero attached hydrogens (tertiary/aromatic N) is 3. The molecule has 188 valence electrons. The maximum Gasteiger partial charge on any atom is 0.408 e. The van der Waals surface area contributed by atoms with Gasteiger partial charge in [0.05, 0.1) is 24.6 Å². The highest BCUT2D eigenvalue weighted by molar-refractivity contribution is 5.83. The molecule has 0 bridgehead atoms. The van der Waals surface area contributed by atoms with E-state index < -0.39 is 23.7 Å². The second kappa shape index (κ2) is 11.0. The fraction of sp³-hybridized carbons (Fsp3) is 0.458. The van der Waals surface area contributed by atoms with Gasteiger partial charge in [0.1, 0.15) is 17.5 Å². The molecule has 0 unspecified atom stereocenters. The van der Waals surface area contributed by atoms with Gasteiger partial charge < -0.3 is 30.0 Å². The number of amides is 1. The molecule has 0 aliphatic carbocycles. The van der Waals surface area contributed by atoms with Gasteiger partial charge in [-0.05, 0) is 38.5 Å². The number of aliphatic imine (C=N–C) groups is 1. The molecule has 3 N–H and O–H groups in total. The van der Waals surface area contributed by atoms with Crippen LogP contribution in [0.2, 0.25) is 0 Å². The molecule has 11 nitrogen and oxygen atoms in total. The summed E-state index contributed by atoms with van der Waals surface area (Å²) in [4.78, 5) is 50.7. The molecule has 2 heterocycles. The summed E-state index contributed by atoms with van der Waals surface area (Å²) in [6.45, 7) is 7.45. The number of esters is 1. The Bertz CT molecular complexity index is 1200. The van der Waals surface area contributed by atoms with Crippen molar-refractivity contribution >= 4 is 35.0 Å². The van der Waals surface area contributed by atoms with Gasteiger partial charge in [0.25, 0.3) is 5.56 Å². The third kappa shape index (κ3) is 7.29. The number of likely N-dealkylation sites (N-methyl/N-ethyl adjacent to an activating group) is 1. The number of hydrogen-bond acceptors (Lipinski definition) is 9. The molecule has 2 aromatic rings. The average Bonchev–Trinajstić information content (AvgIpc) is 3.19. The largest absolute Gasteiger partial charge is 0.467 e. The number of H-pyrrole nitrogens is 1. The fourth-order valence-corrected chi connectivity index (χ4v) is 3.45. The van der Waals surface area contributed by atoms with Gasteiger partial charge in [0.15, 0.2) is 5.96 Å². The molecule has 35 heavy (non-hydrogen) atoms. The van der Waals surface area contributed by atoms with E-state index in [2.05, 4.69) is 30.5 Å². The van der Waals surface area contributed by atoms with Crippen molar-refractivity contribution in [2.75, 3.05) is 33.8 Å². The topological polar surface area (TPSA) is 138 Å². The summed E-state index contributed by atoms with van der Waals surface area (Å²) in [5.74, 6) is 0.429. The number of methoxy groups -OCH3 is 1. The first-order valence-electron chi connectivity index (χ1n) is 11.3. The van der Waals surface area contributed by atoms with Crippen LogP contribution >= 0.6 is 0 Å². The standard InChI is InChI=1S/C24H32N6O5/c1-24(2,3)35-23(33)28-18(21(32)34-5)14-19-27-17-9-8-15(13-16(17)20(31)29-19)7-6-10-25-22-26-11-12-30(22)4/h6-9,13,18H,10-12,14H2,1-5H3,(H,25,26)(H,28,33)(H,27,29,31)/b7-6+/t18-/m0/s1. The smallest absolute Gasteiger partial charge is 0.408 e. The van der Waals surface area contributed by atoms with Crippen molar-refractivity contribution in [1.82, 2.24) is 25.5 Å². The van der Waals surface area contributed by atoms with Crippen molar-refractivity contribution in [2.45, 2.75) is 38.8 Å². The van der Waals surface area contributed by atoms with Gasteiger partial charge >= 0.3 is 12.1 Å². The molecule has 1 aromatic heterocycles. The Morgan fingerprint density at radius 1 is 1.31 bits per heavy atom. The first kappa shape index (κ1) is 25.7. The Kier molecular flexibility index (Phi) is 8.10. The number of carbonyl (C=O) groups excluding carboxylic acids is 2. The van der Waals surface area contributed by atoms with Crippen LogP contribution in [0.25, 0.3) is 17.0 Å². The number of fused-ring (bicyclic) bond motifs is 1. The zero-order chi connectivity index (χ0) is 25.6. The van der Waals surface area contributed by atoms with Gasteiger partial charge in [0.2, 0.25) is 0 Å². The van der Waals surface area contributed by atoms with Crippen LogP contribution in [0.3, 0.4) is 0 Å². The van der Waals surface area contributed by atoms with Crippen LogP contribution in [0.1, 0.15) is 32.2 Å². The summed E-state index contributed by atoms with van der Waals surface area (Å²) in [7, 11) is 3.20. The molecule has 1 atom stereocenters. The lowest BCUT2D eigenvalue weighted by Gasteiger charge is -2.22. The molecule has 1 aliphatic heterocycles. The minimum Gasteiger partial charge on any atom is -0.467 e. The maximum absolute atomic E-state index is 12.7. The van der Waals surface area contributed by atoms with Crippen LogP contribution in [0, 0.1) is 0 Å². The van der Waals surface area contributed by atoms with Crippen LogP contribution in [0.5, 0.6) is 0 Å². The number of carbonyl (C=O) groups is 2. The van der Waals surface area contributed by atoms with Crippen LogP contribution in [-0.2, 0) is 20.7 Å². The summed E-state index contributed by atoms with van der Waals surface area (Å²) in [6, 6.07) is 4.26. The number of aromatic nitrogens is 2. The van der Waals surface area contributed by atoms with Crippen molar-refractivity contribution < 1.29 is 19.1 Å². The summed E-state index contributed by atoms with van der Waals surface area (Å²) in [5.41, 5.74) is 0.242. The molecular weight excluding hydrogens is 452 g/mol. The quantitative estimate of drug-likeness (QED) is 0.502. The SMILES string of the molecule is COC(=O)[C@H](Cc1nc2ccc(/C=C/CNC3=NCCN3C)cc2c(=O)[nH]1)NC(=O)OC(C)(C)C. The van der Waals surface area contributed by atoms with E-state index in [1.807, 2.05) is 25.3 Å². The lowest BCUT2D eigenvalue weighted by atomic mass is 10.1. The molecule has 0 saturated heterocycles. The van der Waals surface area contributed by atoms with E-state index in [4.69, 9.17) is 9.47 Å². The van der Waals surface area contributed by atoms with E-state index in [0.29, 0.717) is 17.4 Å². The Labute approximate surface area is 203 Å².